The van der Waals surface area contributed by atoms with Crippen LogP contribution in [0.3, 0.4) is 0 Å². The Kier molecular flexibility index (Phi) is 3.53. The van der Waals surface area contributed by atoms with Crippen molar-refractivity contribution in [3.63, 3.8) is 0 Å². The summed E-state index contributed by atoms with van der Waals surface area (Å²) in [6.45, 7) is -0.593. The molecule has 4 atom stereocenters. The molecule has 18 heavy (non-hydrogen) atoms. The van der Waals surface area contributed by atoms with E-state index in [0.29, 0.717) is 0 Å². The summed E-state index contributed by atoms with van der Waals surface area (Å²) in [4.78, 5) is 24.4. The smallest absolute Gasteiger partial charge is 0.330 e. The molecular weight excluding hydrogens is 271 g/mol. The van der Waals surface area contributed by atoms with Gasteiger partial charge in [0.2, 0.25) is 0 Å². The third-order valence-electron chi connectivity index (χ3n) is 2.67. The van der Waals surface area contributed by atoms with Gasteiger partial charge in [-0.25, -0.2) is 9.18 Å². The topological polar surface area (TPSA) is 105 Å². The third kappa shape index (κ3) is 2.07. The third-order valence-corrected chi connectivity index (χ3v) is 2.94. The van der Waals surface area contributed by atoms with E-state index in [1.807, 2.05) is 4.98 Å². The second kappa shape index (κ2) is 4.81. The lowest BCUT2D eigenvalue weighted by Crippen LogP contribution is -2.36. The van der Waals surface area contributed by atoms with Crippen LogP contribution in [0.5, 0.6) is 0 Å². The fourth-order valence-corrected chi connectivity index (χ4v) is 1.88. The number of halogens is 2. The van der Waals surface area contributed by atoms with E-state index in [2.05, 4.69) is 0 Å². The van der Waals surface area contributed by atoms with Gasteiger partial charge in [0.1, 0.15) is 17.2 Å². The summed E-state index contributed by atoms with van der Waals surface area (Å²) in [7, 11) is 0. The van der Waals surface area contributed by atoms with Crippen LogP contribution in [0.1, 0.15) is 6.23 Å². The van der Waals surface area contributed by atoms with Crippen molar-refractivity contribution in [2.45, 2.75) is 24.6 Å². The number of aromatic amines is 1. The number of ether oxygens (including phenoxy) is 1. The first-order valence-electron chi connectivity index (χ1n) is 5.05. The van der Waals surface area contributed by atoms with E-state index >= 15 is 0 Å². The molecule has 0 unspecified atom stereocenters. The fourth-order valence-electron chi connectivity index (χ4n) is 1.73. The molecule has 1 fully saturated rings. The highest BCUT2D eigenvalue weighted by atomic mass is 35.5. The Balaban J connectivity index is 2.42. The van der Waals surface area contributed by atoms with E-state index < -0.39 is 42.5 Å². The number of H-pyrrole nitrogens is 1. The molecule has 2 heterocycles. The van der Waals surface area contributed by atoms with Gasteiger partial charge in [-0.1, -0.05) is 11.6 Å². The molecule has 0 amide bonds. The second-order valence-corrected chi connectivity index (χ2v) is 4.23. The van der Waals surface area contributed by atoms with Crippen LogP contribution in [0.2, 0.25) is 5.02 Å². The van der Waals surface area contributed by atoms with E-state index in [9.17, 15) is 19.1 Å². The standard InChI is InChI=1S/C9H10ClFN2O5/c10-3-1-13(9(17)12-7(3)16)8-5(11)6(15)4(2-14)18-8/h1,4-6,8,14-15H,2H2,(H,12,16,17)/t4-,5-,6-,8-/m1/s1. The Morgan fingerprint density at radius 1 is 1.56 bits per heavy atom. The van der Waals surface area contributed by atoms with Crippen molar-refractivity contribution >= 4 is 11.6 Å². The van der Waals surface area contributed by atoms with E-state index in [-0.39, 0.29) is 5.02 Å². The molecule has 1 saturated heterocycles. The number of hydrogen-bond acceptors (Lipinski definition) is 5. The van der Waals surface area contributed by atoms with Gasteiger partial charge in [-0.3, -0.25) is 14.3 Å². The summed E-state index contributed by atoms with van der Waals surface area (Å²) in [5, 5.41) is 18.0. The highest BCUT2D eigenvalue weighted by molar-refractivity contribution is 6.30. The summed E-state index contributed by atoms with van der Waals surface area (Å²) in [6, 6.07) is 0. The number of nitrogens with zero attached hydrogens (tertiary/aromatic N) is 1. The number of aliphatic hydroxyl groups is 2. The van der Waals surface area contributed by atoms with Gasteiger partial charge in [0.25, 0.3) is 5.56 Å². The van der Waals surface area contributed by atoms with Gasteiger partial charge < -0.3 is 14.9 Å². The minimum absolute atomic E-state index is 0.313. The molecule has 0 radical (unpaired) electrons. The van der Waals surface area contributed by atoms with Gasteiger partial charge in [0, 0.05) is 6.20 Å². The molecule has 9 heteroatoms. The molecule has 2 rings (SSSR count). The van der Waals surface area contributed by atoms with Gasteiger partial charge in [-0.15, -0.1) is 0 Å². The molecule has 7 nitrogen and oxygen atoms in total. The number of nitrogens with one attached hydrogen (secondary N) is 1. The first-order chi connectivity index (χ1) is 8.45. The van der Waals surface area contributed by atoms with Crippen molar-refractivity contribution in [1.82, 2.24) is 9.55 Å². The maximum Gasteiger partial charge on any atom is 0.330 e. The van der Waals surface area contributed by atoms with Crippen LogP contribution in [-0.4, -0.2) is 44.8 Å². The molecule has 100 valence electrons. The largest absolute Gasteiger partial charge is 0.394 e. The second-order valence-electron chi connectivity index (χ2n) is 3.83. The molecule has 0 aromatic carbocycles. The minimum Gasteiger partial charge on any atom is -0.394 e. The van der Waals surface area contributed by atoms with E-state index in [1.54, 1.807) is 0 Å². The summed E-state index contributed by atoms with van der Waals surface area (Å²) in [5.41, 5.74) is -1.71. The van der Waals surface area contributed by atoms with E-state index in [1.165, 1.54) is 0 Å². The molecule has 0 saturated carbocycles. The number of aliphatic hydroxyl groups excluding tert-OH is 2. The molecule has 0 spiro atoms. The molecule has 3 N–H and O–H groups in total. The van der Waals surface area contributed by atoms with E-state index in [0.717, 1.165) is 10.8 Å². The van der Waals surface area contributed by atoms with Crippen LogP contribution in [0.4, 0.5) is 4.39 Å². The summed E-state index contributed by atoms with van der Waals surface area (Å²) in [6.07, 6.45) is -5.13. The zero-order valence-electron chi connectivity index (χ0n) is 8.92. The summed E-state index contributed by atoms with van der Waals surface area (Å²) in [5.74, 6) is 0. The number of aromatic nitrogens is 2. The van der Waals surface area contributed by atoms with Crippen LogP contribution in [0.15, 0.2) is 15.8 Å². The summed E-state index contributed by atoms with van der Waals surface area (Å²) >= 11 is 5.53. The van der Waals surface area contributed by atoms with Crippen LogP contribution in [0, 0.1) is 0 Å². The normalized spacial score (nSPS) is 31.8. The zero-order chi connectivity index (χ0) is 13.4. The minimum atomic E-state index is -1.91. The number of hydrogen-bond donors (Lipinski definition) is 3. The van der Waals surface area contributed by atoms with Crippen molar-refractivity contribution in [1.29, 1.82) is 0 Å². The molecule has 1 aromatic heterocycles. The van der Waals surface area contributed by atoms with Gasteiger partial charge in [0.05, 0.1) is 6.61 Å². The first kappa shape index (κ1) is 13.2. The average molecular weight is 281 g/mol. The van der Waals surface area contributed by atoms with Crippen molar-refractivity contribution < 1.29 is 19.3 Å². The Morgan fingerprint density at radius 3 is 2.78 bits per heavy atom. The SMILES string of the molecule is O=c1[nH]c(=O)n([C@@H]2O[C@H](CO)[C@@H](O)[C@H]2F)cc1Cl. The van der Waals surface area contributed by atoms with Crippen molar-refractivity contribution in [3.05, 3.63) is 32.1 Å². The van der Waals surface area contributed by atoms with Crippen LogP contribution in [-0.2, 0) is 4.74 Å². The maximum atomic E-state index is 13.7. The molecular formula is C9H10ClFN2O5. The molecule has 1 aliphatic heterocycles. The van der Waals surface area contributed by atoms with Crippen LogP contribution < -0.4 is 11.2 Å². The molecule has 0 bridgehead atoms. The lowest BCUT2D eigenvalue weighted by atomic mass is 10.1. The Labute approximate surface area is 104 Å². The van der Waals surface area contributed by atoms with Gasteiger partial charge >= 0.3 is 5.69 Å². The zero-order valence-corrected chi connectivity index (χ0v) is 9.67. The number of alkyl halides is 1. The lowest BCUT2D eigenvalue weighted by molar-refractivity contribution is -0.0491. The molecule has 1 aromatic rings. The maximum absolute atomic E-state index is 13.7. The molecule has 0 aliphatic carbocycles. The predicted molar refractivity (Wildman–Crippen MR) is 58.2 cm³/mol. The molecule has 1 aliphatic rings. The van der Waals surface area contributed by atoms with Crippen molar-refractivity contribution in [3.8, 4) is 0 Å². The van der Waals surface area contributed by atoms with Crippen LogP contribution >= 0.6 is 11.6 Å². The van der Waals surface area contributed by atoms with Crippen molar-refractivity contribution in [2.24, 2.45) is 0 Å². The lowest BCUT2D eigenvalue weighted by Gasteiger charge is -2.15. The van der Waals surface area contributed by atoms with Gasteiger partial charge in [-0.2, -0.15) is 0 Å². The Bertz CT molecular complexity index is 559. The fraction of sp³-hybridized carbons (Fsp3) is 0.556. The Morgan fingerprint density at radius 2 is 2.22 bits per heavy atom. The first-order valence-corrected chi connectivity index (χ1v) is 5.43. The van der Waals surface area contributed by atoms with Gasteiger partial charge in [-0.05, 0) is 0 Å². The average Bonchev–Trinajstić information content (AvgIpc) is 2.61. The van der Waals surface area contributed by atoms with Crippen LogP contribution in [0.25, 0.3) is 0 Å². The van der Waals surface area contributed by atoms with Crippen molar-refractivity contribution in [2.75, 3.05) is 6.61 Å². The van der Waals surface area contributed by atoms with Gasteiger partial charge in [0.15, 0.2) is 12.4 Å². The highest BCUT2D eigenvalue weighted by Gasteiger charge is 2.45. The quantitative estimate of drug-likeness (QED) is 0.630. The predicted octanol–water partition coefficient (Wildman–Crippen LogP) is -1.22. The number of rotatable bonds is 2. The summed E-state index contributed by atoms with van der Waals surface area (Å²) < 4.78 is 19.5. The Hall–Kier alpha value is -1.22. The van der Waals surface area contributed by atoms with E-state index in [4.69, 9.17) is 21.4 Å². The monoisotopic (exact) mass is 280 g/mol. The highest BCUT2D eigenvalue weighted by Crippen LogP contribution is 2.30.